The average molecular weight is 380 g/mol. The van der Waals surface area contributed by atoms with Gasteiger partial charge in [-0.15, -0.1) is 0 Å². The molecular weight excluding hydrogens is 346 g/mol. The molecule has 2 aliphatic heterocycles. The van der Waals surface area contributed by atoms with Gasteiger partial charge in [0.2, 0.25) is 0 Å². The Morgan fingerprint density at radius 1 is 1.33 bits per heavy atom. The van der Waals surface area contributed by atoms with Crippen molar-refractivity contribution in [3.8, 4) is 6.07 Å². The van der Waals surface area contributed by atoms with Crippen molar-refractivity contribution in [3.63, 3.8) is 0 Å². The molecule has 0 saturated carbocycles. The van der Waals surface area contributed by atoms with Crippen molar-refractivity contribution in [3.05, 3.63) is 11.8 Å². The average Bonchev–Trinajstić information content (AvgIpc) is 2.85. The van der Waals surface area contributed by atoms with Gasteiger partial charge in [-0.25, -0.2) is 4.79 Å². The predicted molar refractivity (Wildman–Crippen MR) is 102 cm³/mol. The van der Waals surface area contributed by atoms with Gasteiger partial charge >= 0.3 is 6.09 Å². The zero-order chi connectivity index (χ0) is 20.8. The molecule has 27 heavy (non-hydrogen) atoms. The largest absolute Gasteiger partial charge is 0.444 e. The molecule has 2 saturated heterocycles. The van der Waals surface area contributed by atoms with Gasteiger partial charge in [0, 0.05) is 20.3 Å². The first-order chi connectivity index (χ1) is 12.3. The maximum atomic E-state index is 13.1. The third-order valence-electron chi connectivity index (χ3n) is 4.81. The molecule has 1 amide bonds. The summed E-state index contributed by atoms with van der Waals surface area (Å²) in [5.74, 6) is -0.788. The smallest absolute Gasteiger partial charge is 0.411 e. The number of nitriles is 1. The molecule has 2 rings (SSSR count). The maximum Gasteiger partial charge on any atom is 0.411 e. The highest BCUT2D eigenvalue weighted by Gasteiger charge is 2.67. The highest BCUT2D eigenvalue weighted by molar-refractivity contribution is 5.71. The van der Waals surface area contributed by atoms with E-state index in [1.54, 1.807) is 16.0 Å². The number of hydrogen-bond donors (Lipinski definition) is 0. The number of rotatable bonds is 3. The molecule has 0 unspecified atom stereocenters. The Bertz CT molecular complexity index is 659. The Hall–Kier alpha value is -1.78. The highest BCUT2D eigenvalue weighted by Crippen LogP contribution is 2.51. The van der Waals surface area contributed by atoms with E-state index in [4.69, 9.17) is 14.2 Å². The normalized spacial score (nSPS) is 32.8. The number of amides is 1. The van der Waals surface area contributed by atoms with Crippen LogP contribution in [0.5, 0.6) is 0 Å². The number of carbonyl (C=O) groups excluding carboxylic acids is 1. The molecule has 2 fully saturated rings. The van der Waals surface area contributed by atoms with Crippen LogP contribution in [0.3, 0.4) is 0 Å². The van der Waals surface area contributed by atoms with Gasteiger partial charge in [-0.05, 0) is 48.0 Å². The molecule has 0 N–H and O–H groups in total. The van der Waals surface area contributed by atoms with Crippen LogP contribution in [0.4, 0.5) is 4.79 Å². The fourth-order valence-electron chi connectivity index (χ4n) is 4.18. The summed E-state index contributed by atoms with van der Waals surface area (Å²) >= 11 is 0. The van der Waals surface area contributed by atoms with Crippen LogP contribution in [0.1, 0.15) is 54.9 Å². The lowest BCUT2D eigenvalue weighted by Gasteiger charge is -2.37. The molecule has 4 atom stereocenters. The molecule has 2 aliphatic rings. The predicted octanol–water partition coefficient (Wildman–Crippen LogP) is 3.26. The lowest BCUT2D eigenvalue weighted by atomic mass is 9.88. The van der Waals surface area contributed by atoms with Crippen LogP contribution < -0.4 is 0 Å². The Kier molecular flexibility index (Phi) is 5.57. The van der Waals surface area contributed by atoms with Gasteiger partial charge in [0.1, 0.15) is 23.3 Å². The summed E-state index contributed by atoms with van der Waals surface area (Å²) in [6.07, 6.45) is 1.58. The lowest BCUT2D eigenvalue weighted by Crippen LogP contribution is -2.51. The second-order valence-corrected chi connectivity index (χ2v) is 9.15. The van der Waals surface area contributed by atoms with Gasteiger partial charge in [0.15, 0.2) is 5.79 Å². The van der Waals surface area contributed by atoms with E-state index in [2.05, 4.69) is 6.07 Å². The fourth-order valence-corrected chi connectivity index (χ4v) is 4.18. The molecular formula is C20H33N3O4. The van der Waals surface area contributed by atoms with Gasteiger partial charge in [-0.3, -0.25) is 4.90 Å². The van der Waals surface area contributed by atoms with Crippen LogP contribution in [0, 0.1) is 11.3 Å². The van der Waals surface area contributed by atoms with Crippen LogP contribution in [0.2, 0.25) is 0 Å². The third-order valence-corrected chi connectivity index (χ3v) is 4.81. The Labute approximate surface area is 162 Å². The van der Waals surface area contributed by atoms with Crippen molar-refractivity contribution >= 4 is 6.09 Å². The Morgan fingerprint density at radius 3 is 2.37 bits per heavy atom. The minimum atomic E-state index is -0.849. The molecule has 0 spiro atoms. The van der Waals surface area contributed by atoms with E-state index in [1.165, 1.54) is 0 Å². The third kappa shape index (κ3) is 4.07. The second-order valence-electron chi connectivity index (χ2n) is 9.15. The topological polar surface area (TPSA) is 75.0 Å². The number of carbonyl (C=O) groups is 1. The molecule has 0 aromatic carbocycles. The zero-order valence-electron chi connectivity index (χ0n) is 18.0. The molecule has 0 radical (unpaired) electrons. The summed E-state index contributed by atoms with van der Waals surface area (Å²) < 4.78 is 18.2. The second kappa shape index (κ2) is 6.99. The number of fused-ring (bicyclic) bond motifs is 1. The minimum Gasteiger partial charge on any atom is -0.444 e. The van der Waals surface area contributed by atoms with Crippen LogP contribution in [0.15, 0.2) is 11.8 Å². The van der Waals surface area contributed by atoms with Crippen molar-refractivity contribution in [2.24, 2.45) is 0 Å². The van der Waals surface area contributed by atoms with Crippen molar-refractivity contribution in [1.82, 2.24) is 9.80 Å². The molecule has 152 valence electrons. The van der Waals surface area contributed by atoms with E-state index in [0.29, 0.717) is 12.0 Å². The van der Waals surface area contributed by atoms with E-state index < -0.39 is 29.1 Å². The van der Waals surface area contributed by atoms with E-state index in [1.807, 2.05) is 62.6 Å². The molecule has 0 aromatic rings. The molecule has 0 aliphatic carbocycles. The summed E-state index contributed by atoms with van der Waals surface area (Å²) in [6, 6.07) is 1.41. The number of ether oxygens (including phenoxy) is 3. The number of hydrogen-bond acceptors (Lipinski definition) is 6. The summed E-state index contributed by atoms with van der Waals surface area (Å²) in [5.41, 5.74) is -1.05. The quantitative estimate of drug-likeness (QED) is 0.701. The van der Waals surface area contributed by atoms with Gasteiger partial charge in [0.05, 0.1) is 17.7 Å². The van der Waals surface area contributed by atoms with Crippen LogP contribution >= 0.6 is 0 Å². The monoisotopic (exact) mass is 379 g/mol. The first kappa shape index (κ1) is 21.5. The maximum absolute atomic E-state index is 13.1. The van der Waals surface area contributed by atoms with Gasteiger partial charge in [0.25, 0.3) is 0 Å². The van der Waals surface area contributed by atoms with E-state index in [0.717, 1.165) is 0 Å². The molecule has 0 aromatic heterocycles. The Morgan fingerprint density at radius 2 is 1.93 bits per heavy atom. The van der Waals surface area contributed by atoms with Gasteiger partial charge in [-0.1, -0.05) is 6.92 Å². The SMILES string of the molecule is CC[C@@H]1[C@H]2OC(C)(C)O[C@@]2(C)[C@H](C(C#N)=CN(C)C)N1C(=O)OC(C)(C)C. The van der Waals surface area contributed by atoms with Crippen LogP contribution in [0.25, 0.3) is 0 Å². The highest BCUT2D eigenvalue weighted by atomic mass is 16.8. The van der Waals surface area contributed by atoms with Crippen molar-refractivity contribution < 1.29 is 19.0 Å². The van der Waals surface area contributed by atoms with Crippen LogP contribution in [-0.2, 0) is 14.2 Å². The summed E-state index contributed by atoms with van der Waals surface area (Å²) in [5, 5.41) is 9.87. The summed E-state index contributed by atoms with van der Waals surface area (Å²) in [6.45, 7) is 13.1. The summed E-state index contributed by atoms with van der Waals surface area (Å²) in [7, 11) is 3.69. The number of likely N-dealkylation sites (tertiary alicyclic amines) is 1. The zero-order valence-corrected chi connectivity index (χ0v) is 18.0. The van der Waals surface area contributed by atoms with E-state index in [-0.39, 0.29) is 12.1 Å². The lowest BCUT2D eigenvalue weighted by molar-refractivity contribution is -0.179. The van der Waals surface area contributed by atoms with Crippen molar-refractivity contribution in [2.45, 2.75) is 90.1 Å². The molecule has 7 heteroatoms. The minimum absolute atomic E-state index is 0.254. The summed E-state index contributed by atoms with van der Waals surface area (Å²) in [4.78, 5) is 16.6. The van der Waals surface area contributed by atoms with Gasteiger partial charge < -0.3 is 19.1 Å². The molecule has 2 heterocycles. The van der Waals surface area contributed by atoms with E-state index >= 15 is 0 Å². The van der Waals surface area contributed by atoms with Gasteiger partial charge in [-0.2, -0.15) is 5.26 Å². The van der Waals surface area contributed by atoms with Crippen LogP contribution in [-0.4, -0.2) is 65.2 Å². The number of nitrogens with zero attached hydrogens (tertiary/aromatic N) is 3. The fraction of sp³-hybridized carbons (Fsp3) is 0.800. The van der Waals surface area contributed by atoms with E-state index in [9.17, 15) is 10.1 Å². The van der Waals surface area contributed by atoms with Crippen molar-refractivity contribution in [2.75, 3.05) is 14.1 Å². The Balaban J connectivity index is 2.59. The molecule has 7 nitrogen and oxygen atoms in total. The standard InChI is InChI=1S/C20H33N3O4/c1-10-14-16-20(7,27-19(5,6)25-16)15(13(11-21)12-22(8)9)23(14)17(24)26-18(2,3)4/h12,14-16H,10H2,1-9H3/t14-,15+,16-,20+/m1/s1. The first-order valence-electron chi connectivity index (χ1n) is 9.43. The van der Waals surface area contributed by atoms with Crippen molar-refractivity contribution in [1.29, 1.82) is 5.26 Å². The molecule has 0 bridgehead atoms. The first-order valence-corrected chi connectivity index (χ1v) is 9.43.